The molecule has 1 amide bonds. The molecule has 0 unspecified atom stereocenters. The summed E-state index contributed by atoms with van der Waals surface area (Å²) in [5.41, 5.74) is 4.38. The van der Waals surface area contributed by atoms with E-state index in [-0.39, 0.29) is 11.3 Å². The molecular formula is C22H23ClN2O. The van der Waals surface area contributed by atoms with Gasteiger partial charge in [-0.3, -0.25) is 4.79 Å². The van der Waals surface area contributed by atoms with Crippen LogP contribution in [0.3, 0.4) is 0 Å². The predicted octanol–water partition coefficient (Wildman–Crippen LogP) is 5.99. The average molecular weight is 367 g/mol. The number of carbonyl (C=O) groups is 1. The van der Waals surface area contributed by atoms with Gasteiger partial charge in [-0.25, -0.2) is 0 Å². The van der Waals surface area contributed by atoms with Crippen molar-refractivity contribution in [2.45, 2.75) is 33.1 Å². The molecule has 0 aliphatic rings. The van der Waals surface area contributed by atoms with Crippen LogP contribution in [-0.4, -0.2) is 10.5 Å². The maximum atomic E-state index is 12.9. The van der Waals surface area contributed by atoms with Gasteiger partial charge in [-0.15, -0.1) is 0 Å². The lowest BCUT2D eigenvalue weighted by atomic mass is 9.91. The number of rotatable bonds is 3. The molecule has 0 bridgehead atoms. The third-order valence-electron chi connectivity index (χ3n) is 4.38. The number of nitrogens with one attached hydrogen (secondary N) is 1. The largest absolute Gasteiger partial charge is 0.322 e. The second-order valence-corrected chi connectivity index (χ2v) is 7.85. The maximum Gasteiger partial charge on any atom is 0.257 e. The molecule has 3 nitrogen and oxygen atoms in total. The highest BCUT2D eigenvalue weighted by molar-refractivity contribution is 6.30. The van der Waals surface area contributed by atoms with E-state index in [2.05, 4.69) is 42.8 Å². The Kier molecular flexibility index (Phi) is 4.92. The number of amides is 1. The summed E-state index contributed by atoms with van der Waals surface area (Å²) in [5.74, 6) is -0.120. The molecule has 2 aromatic carbocycles. The van der Waals surface area contributed by atoms with E-state index in [0.29, 0.717) is 10.6 Å². The molecule has 0 fully saturated rings. The van der Waals surface area contributed by atoms with Crippen LogP contribution in [0.25, 0.3) is 5.69 Å². The van der Waals surface area contributed by atoms with Gasteiger partial charge < -0.3 is 9.88 Å². The summed E-state index contributed by atoms with van der Waals surface area (Å²) in [6.45, 7) is 8.45. The smallest absolute Gasteiger partial charge is 0.257 e. The molecule has 0 radical (unpaired) electrons. The van der Waals surface area contributed by atoms with Crippen molar-refractivity contribution in [1.82, 2.24) is 4.57 Å². The minimum atomic E-state index is -0.120. The predicted molar refractivity (Wildman–Crippen MR) is 109 cm³/mol. The molecule has 0 saturated carbocycles. The molecule has 4 heteroatoms. The first-order valence-electron chi connectivity index (χ1n) is 8.62. The van der Waals surface area contributed by atoms with Crippen LogP contribution >= 0.6 is 11.6 Å². The second kappa shape index (κ2) is 7.00. The zero-order chi connectivity index (χ0) is 18.9. The van der Waals surface area contributed by atoms with Crippen LogP contribution in [-0.2, 0) is 5.41 Å². The molecule has 134 valence electrons. The number of nitrogens with zero attached hydrogens (tertiary/aromatic N) is 1. The Morgan fingerprint density at radius 2 is 1.62 bits per heavy atom. The summed E-state index contributed by atoms with van der Waals surface area (Å²) in [6.07, 6.45) is 0. The second-order valence-electron chi connectivity index (χ2n) is 7.41. The number of benzene rings is 2. The maximum absolute atomic E-state index is 12.9. The normalized spacial score (nSPS) is 11.4. The Balaban J connectivity index is 2.04. The van der Waals surface area contributed by atoms with Crippen LogP contribution in [0.1, 0.15) is 42.5 Å². The van der Waals surface area contributed by atoms with Crippen molar-refractivity contribution in [3.63, 3.8) is 0 Å². The lowest BCUT2D eigenvalue weighted by Gasteiger charge is -2.22. The number of anilines is 1. The fraction of sp³-hybridized carbons (Fsp3) is 0.227. The van der Waals surface area contributed by atoms with E-state index in [1.807, 2.05) is 31.2 Å². The molecule has 0 spiro atoms. The highest BCUT2D eigenvalue weighted by atomic mass is 35.5. The molecule has 1 heterocycles. The molecular weight excluding hydrogens is 344 g/mol. The molecule has 0 aliphatic heterocycles. The monoisotopic (exact) mass is 366 g/mol. The fourth-order valence-electron chi connectivity index (χ4n) is 3.03. The first-order chi connectivity index (χ1) is 12.3. The van der Waals surface area contributed by atoms with Crippen LogP contribution < -0.4 is 5.32 Å². The van der Waals surface area contributed by atoms with Gasteiger partial charge in [0.1, 0.15) is 0 Å². The third-order valence-corrected chi connectivity index (χ3v) is 4.63. The number of carbonyl (C=O) groups excluding carboxylic acids is 1. The van der Waals surface area contributed by atoms with E-state index >= 15 is 0 Å². The Bertz CT molecular complexity index is 919. The number of para-hydroxylation sites is 1. The summed E-state index contributed by atoms with van der Waals surface area (Å²) < 4.78 is 2.16. The van der Waals surface area contributed by atoms with Crippen LogP contribution in [0, 0.1) is 6.92 Å². The van der Waals surface area contributed by atoms with Crippen LogP contribution in [0.4, 0.5) is 5.69 Å². The van der Waals surface area contributed by atoms with E-state index < -0.39 is 0 Å². The highest BCUT2D eigenvalue weighted by Gasteiger charge is 2.25. The molecule has 1 aromatic heterocycles. The molecule has 0 aliphatic carbocycles. The van der Waals surface area contributed by atoms with E-state index in [1.54, 1.807) is 24.3 Å². The van der Waals surface area contributed by atoms with Gasteiger partial charge in [0.05, 0.1) is 5.56 Å². The Morgan fingerprint density at radius 1 is 1.00 bits per heavy atom. The molecule has 3 rings (SSSR count). The summed E-state index contributed by atoms with van der Waals surface area (Å²) in [6, 6.07) is 19.2. The Morgan fingerprint density at radius 3 is 2.19 bits per heavy atom. The summed E-state index contributed by atoms with van der Waals surface area (Å²) in [7, 11) is 0. The topological polar surface area (TPSA) is 34.0 Å². The zero-order valence-electron chi connectivity index (χ0n) is 15.5. The molecule has 0 saturated heterocycles. The van der Waals surface area contributed by atoms with E-state index in [0.717, 1.165) is 22.8 Å². The van der Waals surface area contributed by atoms with Gasteiger partial charge in [-0.1, -0.05) is 50.6 Å². The van der Waals surface area contributed by atoms with Gasteiger partial charge in [0.2, 0.25) is 0 Å². The fourth-order valence-corrected chi connectivity index (χ4v) is 3.16. The number of hydrogen-bond acceptors (Lipinski definition) is 1. The van der Waals surface area contributed by atoms with Crippen molar-refractivity contribution >= 4 is 23.2 Å². The van der Waals surface area contributed by atoms with E-state index in [9.17, 15) is 4.79 Å². The van der Waals surface area contributed by atoms with E-state index in [4.69, 9.17) is 11.6 Å². The van der Waals surface area contributed by atoms with Crippen LogP contribution in [0.2, 0.25) is 5.02 Å². The minimum absolute atomic E-state index is 0.0978. The zero-order valence-corrected chi connectivity index (χ0v) is 16.3. The average Bonchev–Trinajstić information content (AvgIpc) is 2.95. The molecule has 26 heavy (non-hydrogen) atoms. The van der Waals surface area contributed by atoms with Crippen molar-refractivity contribution in [2.24, 2.45) is 0 Å². The highest BCUT2D eigenvalue weighted by Crippen LogP contribution is 2.31. The Labute approximate surface area is 159 Å². The van der Waals surface area contributed by atoms with E-state index in [1.165, 1.54) is 0 Å². The molecule has 1 N–H and O–H groups in total. The lowest BCUT2D eigenvalue weighted by molar-refractivity contribution is 0.102. The van der Waals surface area contributed by atoms with Gasteiger partial charge in [-0.05, 0) is 49.4 Å². The summed E-state index contributed by atoms with van der Waals surface area (Å²) in [5, 5.41) is 3.60. The lowest BCUT2D eigenvalue weighted by Crippen LogP contribution is -2.17. The van der Waals surface area contributed by atoms with Gasteiger partial charge in [0.15, 0.2) is 0 Å². The first-order valence-corrected chi connectivity index (χ1v) is 9.00. The van der Waals surface area contributed by atoms with Crippen molar-refractivity contribution < 1.29 is 4.79 Å². The number of halogens is 1. The van der Waals surface area contributed by atoms with Gasteiger partial charge in [0, 0.05) is 33.2 Å². The number of hydrogen-bond donors (Lipinski definition) is 1. The third kappa shape index (κ3) is 3.68. The quantitative estimate of drug-likeness (QED) is 0.607. The molecule has 0 atom stereocenters. The standard InChI is InChI=1S/C22H23ClN2O/c1-15-19(21(26)24-17-12-10-16(23)11-13-17)14-20(22(2,3)4)25(15)18-8-6-5-7-9-18/h5-14H,1-4H3,(H,24,26). The Hall–Kier alpha value is -2.52. The van der Waals surface area contributed by atoms with Crippen molar-refractivity contribution in [2.75, 3.05) is 5.32 Å². The van der Waals surface area contributed by atoms with Gasteiger partial charge >= 0.3 is 0 Å². The summed E-state index contributed by atoms with van der Waals surface area (Å²) >= 11 is 5.92. The minimum Gasteiger partial charge on any atom is -0.322 e. The first kappa shape index (κ1) is 18.3. The van der Waals surface area contributed by atoms with Crippen molar-refractivity contribution in [3.05, 3.63) is 82.6 Å². The molecule has 3 aromatic rings. The number of aromatic nitrogens is 1. The van der Waals surface area contributed by atoms with Gasteiger partial charge in [0.25, 0.3) is 5.91 Å². The van der Waals surface area contributed by atoms with Gasteiger partial charge in [-0.2, -0.15) is 0 Å². The SMILES string of the molecule is Cc1c(C(=O)Nc2ccc(Cl)cc2)cc(C(C)(C)C)n1-c1ccccc1. The van der Waals surface area contributed by atoms with Crippen molar-refractivity contribution in [1.29, 1.82) is 0 Å². The van der Waals surface area contributed by atoms with Crippen molar-refractivity contribution in [3.8, 4) is 5.69 Å². The van der Waals surface area contributed by atoms with Crippen LogP contribution in [0.5, 0.6) is 0 Å². The summed E-state index contributed by atoms with van der Waals surface area (Å²) in [4.78, 5) is 12.9. The van der Waals surface area contributed by atoms with Crippen LogP contribution in [0.15, 0.2) is 60.7 Å².